The quantitative estimate of drug-likeness (QED) is 0.564. The molecule has 17 heavy (non-hydrogen) atoms. The molecule has 1 amide bonds. The van der Waals surface area contributed by atoms with E-state index in [2.05, 4.69) is 22.3 Å². The van der Waals surface area contributed by atoms with Gasteiger partial charge in [-0.25, -0.2) is 0 Å². The summed E-state index contributed by atoms with van der Waals surface area (Å²) < 4.78 is 0. The van der Waals surface area contributed by atoms with Crippen molar-refractivity contribution in [2.45, 2.75) is 38.6 Å². The predicted octanol–water partition coefficient (Wildman–Crippen LogP) is 0.827. The summed E-state index contributed by atoms with van der Waals surface area (Å²) in [6, 6.07) is 0.434. The molecule has 2 aliphatic rings. The van der Waals surface area contributed by atoms with E-state index in [-0.39, 0.29) is 5.91 Å². The molecule has 0 aromatic heterocycles. The van der Waals surface area contributed by atoms with E-state index >= 15 is 0 Å². The van der Waals surface area contributed by atoms with Crippen molar-refractivity contribution in [1.82, 2.24) is 10.2 Å². The number of oxime groups is 1. The number of piperidine rings is 1. The van der Waals surface area contributed by atoms with Crippen LogP contribution in [-0.2, 0) is 4.79 Å². The highest BCUT2D eigenvalue weighted by molar-refractivity contribution is 5.87. The van der Waals surface area contributed by atoms with Gasteiger partial charge >= 0.3 is 0 Å². The molecule has 2 rings (SSSR count). The van der Waals surface area contributed by atoms with E-state index in [9.17, 15) is 4.79 Å². The largest absolute Gasteiger partial charge is 0.411 e. The average Bonchev–Trinajstić information content (AvgIpc) is 3.12. The highest BCUT2D eigenvalue weighted by Crippen LogP contribution is 2.19. The Labute approximate surface area is 102 Å². The lowest BCUT2D eigenvalue weighted by atomic mass is 9.93. The summed E-state index contributed by atoms with van der Waals surface area (Å²) >= 11 is 0. The highest BCUT2D eigenvalue weighted by atomic mass is 16.4. The van der Waals surface area contributed by atoms with E-state index in [0.29, 0.717) is 18.5 Å². The molecule has 96 valence electrons. The van der Waals surface area contributed by atoms with Gasteiger partial charge in [-0.2, -0.15) is 0 Å². The van der Waals surface area contributed by atoms with Crippen LogP contribution in [0.15, 0.2) is 5.16 Å². The van der Waals surface area contributed by atoms with Gasteiger partial charge in [0, 0.05) is 31.5 Å². The fourth-order valence-electron chi connectivity index (χ4n) is 2.33. The zero-order valence-corrected chi connectivity index (χ0v) is 10.4. The molecule has 0 radical (unpaired) electrons. The van der Waals surface area contributed by atoms with E-state index in [1.54, 1.807) is 0 Å². The van der Waals surface area contributed by atoms with Crippen LogP contribution in [0.4, 0.5) is 0 Å². The van der Waals surface area contributed by atoms with Crippen LogP contribution in [0.3, 0.4) is 0 Å². The Morgan fingerprint density at radius 1 is 1.59 bits per heavy atom. The molecule has 0 bridgehead atoms. The molecule has 5 heteroatoms. The highest BCUT2D eigenvalue weighted by Gasteiger charge is 2.28. The van der Waals surface area contributed by atoms with Crippen LogP contribution in [-0.4, -0.2) is 47.4 Å². The molecule has 1 heterocycles. The third-order valence-corrected chi connectivity index (χ3v) is 3.56. The minimum absolute atomic E-state index is 0.131. The van der Waals surface area contributed by atoms with Crippen molar-refractivity contribution >= 4 is 11.6 Å². The van der Waals surface area contributed by atoms with Crippen LogP contribution in [0.25, 0.3) is 0 Å². The summed E-state index contributed by atoms with van der Waals surface area (Å²) in [6.45, 7) is 4.21. The maximum absolute atomic E-state index is 11.7. The first-order chi connectivity index (χ1) is 8.22. The van der Waals surface area contributed by atoms with Crippen molar-refractivity contribution in [3.63, 3.8) is 0 Å². The third kappa shape index (κ3) is 3.43. The molecule has 5 nitrogen and oxygen atoms in total. The Morgan fingerprint density at radius 3 is 2.94 bits per heavy atom. The summed E-state index contributed by atoms with van der Waals surface area (Å²) in [5.41, 5.74) is 0.881. The third-order valence-electron chi connectivity index (χ3n) is 3.56. The van der Waals surface area contributed by atoms with Gasteiger partial charge in [-0.3, -0.25) is 9.69 Å². The topological polar surface area (TPSA) is 64.9 Å². The van der Waals surface area contributed by atoms with Gasteiger partial charge in [-0.1, -0.05) is 12.1 Å². The smallest absolute Gasteiger partial charge is 0.234 e. The molecule has 2 fully saturated rings. The van der Waals surface area contributed by atoms with Crippen molar-refractivity contribution < 1.29 is 10.0 Å². The van der Waals surface area contributed by atoms with Crippen molar-refractivity contribution in [3.8, 4) is 0 Å². The molecular weight excluding hydrogens is 218 g/mol. The van der Waals surface area contributed by atoms with Crippen LogP contribution >= 0.6 is 0 Å². The van der Waals surface area contributed by atoms with Gasteiger partial charge < -0.3 is 10.5 Å². The molecule has 0 aromatic carbocycles. The maximum Gasteiger partial charge on any atom is 0.234 e. The zero-order valence-electron chi connectivity index (χ0n) is 10.4. The first kappa shape index (κ1) is 12.4. The Morgan fingerprint density at radius 2 is 2.35 bits per heavy atom. The number of carbonyl (C=O) groups excluding carboxylic acids is 1. The lowest BCUT2D eigenvalue weighted by molar-refractivity contribution is -0.122. The van der Waals surface area contributed by atoms with Gasteiger partial charge in [0.25, 0.3) is 0 Å². The molecule has 1 saturated carbocycles. The Hall–Kier alpha value is -1.10. The number of hydrogen-bond donors (Lipinski definition) is 2. The summed E-state index contributed by atoms with van der Waals surface area (Å²) in [6.07, 6.45) is 3.99. The Bertz CT molecular complexity index is 313. The summed E-state index contributed by atoms with van der Waals surface area (Å²) in [5.74, 6) is 0.425. The monoisotopic (exact) mass is 239 g/mol. The van der Waals surface area contributed by atoms with E-state index in [0.717, 1.165) is 44.5 Å². The number of likely N-dealkylation sites (tertiary alicyclic amines) is 1. The standard InChI is InChI=1S/C12H21N3O2/c1-2-9-7-15(6-5-11(9)14-17)8-12(16)13-10-3-4-10/h9-10,17H,2-8H2,1H3,(H,13,16). The lowest BCUT2D eigenvalue weighted by Gasteiger charge is -2.32. The van der Waals surface area contributed by atoms with Crippen LogP contribution in [0.1, 0.15) is 32.6 Å². The number of rotatable bonds is 4. The molecule has 0 aromatic rings. The maximum atomic E-state index is 11.7. The van der Waals surface area contributed by atoms with E-state index in [1.807, 2.05) is 0 Å². The van der Waals surface area contributed by atoms with Gasteiger partial charge in [-0.15, -0.1) is 0 Å². The second-order valence-electron chi connectivity index (χ2n) is 5.02. The van der Waals surface area contributed by atoms with Gasteiger partial charge in [0.15, 0.2) is 0 Å². The lowest BCUT2D eigenvalue weighted by Crippen LogP contribution is -2.45. The summed E-state index contributed by atoms with van der Waals surface area (Å²) in [5, 5.41) is 15.2. The first-order valence-electron chi connectivity index (χ1n) is 6.45. The van der Waals surface area contributed by atoms with Gasteiger partial charge in [0.1, 0.15) is 0 Å². The SMILES string of the molecule is CCC1CN(CC(=O)NC2CC2)CCC1=NO. The molecule has 1 aliphatic carbocycles. The number of amides is 1. The Kier molecular flexibility index (Phi) is 3.99. The van der Waals surface area contributed by atoms with Crippen LogP contribution in [0.5, 0.6) is 0 Å². The Balaban J connectivity index is 1.79. The minimum Gasteiger partial charge on any atom is -0.411 e. The molecular formula is C12H21N3O2. The van der Waals surface area contributed by atoms with E-state index in [1.165, 1.54) is 0 Å². The van der Waals surface area contributed by atoms with Crippen molar-refractivity contribution in [1.29, 1.82) is 0 Å². The van der Waals surface area contributed by atoms with Crippen LogP contribution in [0.2, 0.25) is 0 Å². The molecule has 1 saturated heterocycles. The zero-order chi connectivity index (χ0) is 12.3. The summed E-state index contributed by atoms with van der Waals surface area (Å²) in [4.78, 5) is 13.8. The molecule has 1 unspecified atom stereocenters. The molecule has 0 spiro atoms. The van der Waals surface area contributed by atoms with Gasteiger partial charge in [0.05, 0.1) is 12.3 Å². The van der Waals surface area contributed by atoms with E-state index in [4.69, 9.17) is 5.21 Å². The molecule has 1 atom stereocenters. The van der Waals surface area contributed by atoms with Gasteiger partial charge in [-0.05, 0) is 19.3 Å². The predicted molar refractivity (Wildman–Crippen MR) is 65.2 cm³/mol. The average molecular weight is 239 g/mol. The fraction of sp³-hybridized carbons (Fsp3) is 0.833. The van der Waals surface area contributed by atoms with Gasteiger partial charge in [0.2, 0.25) is 5.91 Å². The van der Waals surface area contributed by atoms with E-state index < -0.39 is 0 Å². The fourth-order valence-corrected chi connectivity index (χ4v) is 2.33. The first-order valence-corrected chi connectivity index (χ1v) is 6.45. The second-order valence-corrected chi connectivity index (χ2v) is 5.02. The number of nitrogens with one attached hydrogen (secondary N) is 1. The number of carbonyl (C=O) groups is 1. The summed E-state index contributed by atoms with van der Waals surface area (Å²) in [7, 11) is 0. The number of nitrogens with zero attached hydrogens (tertiary/aromatic N) is 2. The van der Waals surface area contributed by atoms with Crippen molar-refractivity contribution in [2.24, 2.45) is 11.1 Å². The molecule has 2 N–H and O–H groups in total. The van der Waals surface area contributed by atoms with Crippen LogP contribution in [0, 0.1) is 5.92 Å². The molecule has 1 aliphatic heterocycles. The number of hydrogen-bond acceptors (Lipinski definition) is 4. The normalized spacial score (nSPS) is 28.3. The second kappa shape index (κ2) is 5.49. The minimum atomic E-state index is 0.131. The van der Waals surface area contributed by atoms with Crippen molar-refractivity contribution in [2.75, 3.05) is 19.6 Å². The van der Waals surface area contributed by atoms with Crippen LogP contribution < -0.4 is 5.32 Å². The van der Waals surface area contributed by atoms with Crippen molar-refractivity contribution in [3.05, 3.63) is 0 Å².